The first-order valence-corrected chi connectivity index (χ1v) is 14.8. The van der Waals surface area contributed by atoms with Crippen molar-refractivity contribution in [2.45, 2.75) is 31.0 Å². The zero-order valence-corrected chi connectivity index (χ0v) is 26.0. The third kappa shape index (κ3) is 5.17. The molecule has 0 aliphatic heterocycles. The van der Waals surface area contributed by atoms with Crippen LogP contribution in [0.2, 0.25) is 0 Å². The lowest BCUT2D eigenvalue weighted by Gasteiger charge is -2.50. The molecule has 3 aliphatic carbocycles. The second-order valence-corrected chi connectivity index (χ2v) is 12.5. The number of ether oxygens (including phenoxy) is 1. The van der Waals surface area contributed by atoms with Gasteiger partial charge in [0.2, 0.25) is 5.78 Å². The maximum atomic E-state index is 14.1. The van der Waals surface area contributed by atoms with Crippen molar-refractivity contribution < 1.29 is 39.5 Å². The summed E-state index contributed by atoms with van der Waals surface area (Å²) in [6, 6.07) is 7.82. The number of hydrogen-bond acceptors (Lipinski definition) is 11. The van der Waals surface area contributed by atoms with Crippen molar-refractivity contribution >= 4 is 17.5 Å². The van der Waals surface area contributed by atoms with Gasteiger partial charge in [-0.1, -0.05) is 12.1 Å². The number of rotatable bonds is 9. The van der Waals surface area contributed by atoms with Gasteiger partial charge in [0.05, 0.1) is 18.7 Å². The zero-order chi connectivity index (χ0) is 33.0. The number of amides is 1. The van der Waals surface area contributed by atoms with Gasteiger partial charge in [-0.25, -0.2) is 0 Å². The Labute approximate surface area is 261 Å². The first-order chi connectivity index (χ1) is 21.2. The molecular formula is C33H40N4O8. The number of primary amides is 1. The molecule has 0 radical (unpaired) electrons. The normalized spacial score (nSPS) is 24.6. The Hall–Kier alpha value is -4.23. The Morgan fingerprint density at radius 1 is 1.09 bits per heavy atom. The number of allylic oxidation sites excluding steroid dienone is 1. The molecule has 0 spiro atoms. The number of carbonyl (C=O) groups excluding carboxylic acids is 3. The minimum Gasteiger partial charge on any atom is -0.510 e. The highest BCUT2D eigenvalue weighted by atomic mass is 16.5. The number of ketones is 2. The summed E-state index contributed by atoms with van der Waals surface area (Å²) >= 11 is 0. The van der Waals surface area contributed by atoms with Crippen LogP contribution in [-0.4, -0.2) is 108 Å². The average Bonchev–Trinajstić information content (AvgIpc) is 2.97. The molecule has 0 unspecified atom stereocenters. The summed E-state index contributed by atoms with van der Waals surface area (Å²) in [5.41, 5.74) is 4.52. The van der Waals surface area contributed by atoms with Crippen molar-refractivity contribution in [1.29, 1.82) is 0 Å². The number of hydrogen-bond donors (Lipinski definition) is 6. The summed E-state index contributed by atoms with van der Waals surface area (Å²) in [6.45, 7) is 2.25. The quantitative estimate of drug-likeness (QED) is 0.176. The van der Waals surface area contributed by atoms with Crippen LogP contribution in [0.5, 0.6) is 11.5 Å². The van der Waals surface area contributed by atoms with Gasteiger partial charge >= 0.3 is 0 Å². The minimum absolute atomic E-state index is 0.00777. The summed E-state index contributed by atoms with van der Waals surface area (Å²) < 4.78 is 5.69. The van der Waals surface area contributed by atoms with Crippen LogP contribution in [0, 0.1) is 11.8 Å². The second kappa shape index (κ2) is 11.9. The smallest absolute Gasteiger partial charge is 0.255 e. The van der Waals surface area contributed by atoms with Gasteiger partial charge in [0, 0.05) is 36.7 Å². The lowest BCUT2D eigenvalue weighted by molar-refractivity contribution is -0.148. The highest BCUT2D eigenvalue weighted by molar-refractivity contribution is 6.25. The molecule has 0 saturated heterocycles. The molecule has 0 fully saturated rings. The van der Waals surface area contributed by atoms with Crippen molar-refractivity contribution in [2.24, 2.45) is 17.6 Å². The Morgan fingerprint density at radius 3 is 2.42 bits per heavy atom. The summed E-state index contributed by atoms with van der Waals surface area (Å²) in [5.74, 6) is -6.30. The molecular weight excluding hydrogens is 580 g/mol. The summed E-state index contributed by atoms with van der Waals surface area (Å²) in [6.07, 6.45) is 0.181. The van der Waals surface area contributed by atoms with E-state index in [0.29, 0.717) is 29.0 Å². The number of nitrogens with two attached hydrogens (primary N) is 1. The first kappa shape index (κ1) is 32.2. The lowest BCUT2D eigenvalue weighted by atomic mass is 9.58. The Morgan fingerprint density at radius 2 is 1.80 bits per heavy atom. The van der Waals surface area contributed by atoms with Gasteiger partial charge < -0.3 is 41.1 Å². The SMILES string of the molecule is COc1ccc(CNCCN(C)C)cc1-c1ccc(O)c2c1C[C@H]1C[C@H]3[C@H](N(C)C)C(O)=C(C(N)=O)C(=O)[C@@]3(O)C(O)=C1C2=O. The van der Waals surface area contributed by atoms with Crippen molar-refractivity contribution in [2.75, 3.05) is 48.4 Å². The van der Waals surface area contributed by atoms with E-state index in [1.165, 1.54) is 11.0 Å². The van der Waals surface area contributed by atoms with E-state index < -0.39 is 58.0 Å². The number of benzene rings is 2. The first-order valence-electron chi connectivity index (χ1n) is 14.8. The summed E-state index contributed by atoms with van der Waals surface area (Å²) in [7, 11) is 8.74. The molecule has 12 heteroatoms. The Kier molecular flexibility index (Phi) is 8.53. The van der Waals surface area contributed by atoms with Crippen molar-refractivity contribution in [3.63, 3.8) is 0 Å². The molecule has 7 N–H and O–H groups in total. The van der Waals surface area contributed by atoms with Crippen molar-refractivity contribution in [3.05, 3.63) is 69.7 Å². The fourth-order valence-electron chi connectivity index (χ4n) is 7.11. The predicted octanol–water partition coefficient (Wildman–Crippen LogP) is 1.45. The van der Waals surface area contributed by atoms with E-state index in [1.807, 2.05) is 32.3 Å². The number of fused-ring (bicyclic) bond motifs is 3. The molecule has 0 saturated carbocycles. The largest absolute Gasteiger partial charge is 0.510 e. The molecule has 2 aromatic carbocycles. The summed E-state index contributed by atoms with van der Waals surface area (Å²) in [5, 5.41) is 48.7. The van der Waals surface area contributed by atoms with Crippen LogP contribution in [0.15, 0.2) is 53.0 Å². The number of methoxy groups -OCH3 is 1. The average molecular weight is 621 g/mol. The van der Waals surface area contributed by atoms with Crippen LogP contribution in [0.25, 0.3) is 11.1 Å². The van der Waals surface area contributed by atoms with E-state index in [4.69, 9.17) is 10.5 Å². The number of phenolic OH excluding ortho intramolecular Hbond substituents is 1. The number of phenols is 1. The third-order valence-electron chi connectivity index (χ3n) is 9.22. The van der Waals surface area contributed by atoms with Gasteiger partial charge in [-0.05, 0) is 81.8 Å². The van der Waals surface area contributed by atoms with Crippen molar-refractivity contribution in [1.82, 2.24) is 15.1 Å². The van der Waals surface area contributed by atoms with E-state index in [9.17, 15) is 34.8 Å². The van der Waals surface area contributed by atoms with Crippen molar-refractivity contribution in [3.8, 4) is 22.6 Å². The molecule has 0 heterocycles. The number of carbonyl (C=O) groups is 3. The van der Waals surface area contributed by atoms with E-state index in [-0.39, 0.29) is 29.7 Å². The van der Waals surface area contributed by atoms with Crippen LogP contribution in [-0.2, 0) is 22.6 Å². The molecule has 12 nitrogen and oxygen atoms in total. The number of aromatic hydroxyl groups is 1. The molecule has 4 atom stereocenters. The molecule has 3 aliphatic rings. The number of likely N-dealkylation sites (N-methyl/N-ethyl adjacent to an activating group) is 2. The molecule has 0 aromatic heterocycles. The van der Waals surface area contributed by atoms with Gasteiger partial charge in [0.15, 0.2) is 11.4 Å². The van der Waals surface area contributed by atoms with Crippen LogP contribution >= 0.6 is 0 Å². The lowest BCUT2D eigenvalue weighted by Crippen LogP contribution is -2.63. The third-order valence-corrected chi connectivity index (χ3v) is 9.22. The van der Waals surface area contributed by atoms with E-state index >= 15 is 0 Å². The molecule has 1 amide bonds. The van der Waals surface area contributed by atoms with Crippen LogP contribution in [0.4, 0.5) is 0 Å². The zero-order valence-electron chi connectivity index (χ0n) is 26.0. The number of nitrogens with zero attached hydrogens (tertiary/aromatic N) is 2. The molecule has 45 heavy (non-hydrogen) atoms. The maximum Gasteiger partial charge on any atom is 0.255 e. The monoisotopic (exact) mass is 620 g/mol. The van der Waals surface area contributed by atoms with E-state index in [2.05, 4.69) is 10.2 Å². The molecule has 2 aromatic rings. The standard InChI is InChI=1S/C33H40N4O8/c1-36(2)11-10-35-15-16-6-9-23(45-5)19(12-16)18-7-8-22(38)25-20(18)13-17-14-21-27(37(3)4)29(40)26(32(34)43)31(42)33(21,44)30(41)24(17)28(25)39/h6-9,12,17,21,27,35,38,40-41,44H,10-11,13-15H2,1-5H3,(H2,34,43)/t17-,21-,27-,33-/m0/s1. The number of Topliss-reactive ketones (excluding diaryl/α,β-unsaturated/α-hetero) is 2. The molecule has 0 bridgehead atoms. The van der Waals surface area contributed by atoms with Gasteiger partial charge in [-0.2, -0.15) is 0 Å². The van der Waals surface area contributed by atoms with Gasteiger partial charge in [0.25, 0.3) is 5.91 Å². The highest BCUT2D eigenvalue weighted by Crippen LogP contribution is 2.53. The Bertz CT molecular complexity index is 1650. The fourth-order valence-corrected chi connectivity index (χ4v) is 7.11. The van der Waals surface area contributed by atoms with Gasteiger partial charge in [-0.15, -0.1) is 0 Å². The van der Waals surface area contributed by atoms with Gasteiger partial charge in [0.1, 0.15) is 28.6 Å². The number of aliphatic hydroxyl groups excluding tert-OH is 2. The topological polar surface area (TPSA) is 186 Å². The number of aliphatic hydroxyl groups is 3. The van der Waals surface area contributed by atoms with Crippen LogP contribution in [0.3, 0.4) is 0 Å². The van der Waals surface area contributed by atoms with Crippen LogP contribution < -0.4 is 15.8 Å². The second-order valence-electron chi connectivity index (χ2n) is 12.5. The molecule has 5 rings (SSSR count). The number of nitrogens with one attached hydrogen (secondary N) is 1. The minimum atomic E-state index is -2.69. The van der Waals surface area contributed by atoms with E-state index in [0.717, 1.165) is 18.7 Å². The summed E-state index contributed by atoms with van der Waals surface area (Å²) in [4.78, 5) is 43.5. The fraction of sp³-hybridized carbons (Fsp3) is 0.424. The van der Waals surface area contributed by atoms with Crippen LogP contribution in [0.1, 0.15) is 27.9 Å². The van der Waals surface area contributed by atoms with Gasteiger partial charge in [-0.3, -0.25) is 19.3 Å². The highest BCUT2D eigenvalue weighted by Gasteiger charge is 2.63. The maximum absolute atomic E-state index is 14.1. The van der Waals surface area contributed by atoms with E-state index in [1.54, 1.807) is 27.3 Å². The Balaban J connectivity index is 1.63. The molecule has 240 valence electrons. The predicted molar refractivity (Wildman–Crippen MR) is 166 cm³/mol.